The van der Waals surface area contributed by atoms with Crippen LogP contribution in [0.15, 0.2) is 42.5 Å². The van der Waals surface area contributed by atoms with Crippen LogP contribution in [0.2, 0.25) is 0 Å². The summed E-state index contributed by atoms with van der Waals surface area (Å²) in [6.07, 6.45) is 0. The first kappa shape index (κ1) is 24.7. The molecule has 0 atom stereocenters. The minimum absolute atomic E-state index is 0.0726. The Morgan fingerprint density at radius 1 is 0.935 bits per heavy atom. The predicted molar refractivity (Wildman–Crippen MR) is 117 cm³/mol. The second-order valence-electron chi connectivity index (χ2n) is 7.41. The van der Waals surface area contributed by atoms with Gasteiger partial charge in [-0.25, -0.2) is 8.42 Å². The number of benzene rings is 2. The van der Waals surface area contributed by atoms with E-state index in [1.54, 1.807) is 30.3 Å². The molecule has 0 amide bonds. The van der Waals surface area contributed by atoms with Gasteiger partial charge in [-0.05, 0) is 19.9 Å². The first-order valence-electron chi connectivity index (χ1n) is 9.97. The van der Waals surface area contributed by atoms with Crippen LogP contribution < -0.4 is 5.32 Å². The van der Waals surface area contributed by atoms with Crippen molar-refractivity contribution in [3.05, 3.63) is 64.7 Å². The van der Waals surface area contributed by atoms with Gasteiger partial charge in [0.25, 0.3) is 0 Å². The van der Waals surface area contributed by atoms with Gasteiger partial charge in [0.1, 0.15) is 0 Å². The number of quaternary nitrogens is 1. The lowest BCUT2D eigenvalue weighted by Gasteiger charge is -2.32. The van der Waals surface area contributed by atoms with E-state index < -0.39 is 10.4 Å². The molecule has 9 heteroatoms. The van der Waals surface area contributed by atoms with Gasteiger partial charge in [0, 0.05) is 22.4 Å². The number of nitrogens with zero attached hydrogens (tertiary/aromatic N) is 1. The van der Waals surface area contributed by atoms with Gasteiger partial charge in [0.15, 0.2) is 11.6 Å². The molecule has 0 saturated carbocycles. The number of hydrogen-bond donors (Lipinski definition) is 1. The molecule has 2 aromatic carbocycles. The van der Waals surface area contributed by atoms with E-state index in [0.29, 0.717) is 22.3 Å². The van der Waals surface area contributed by atoms with Crippen LogP contribution in [0.25, 0.3) is 0 Å². The van der Waals surface area contributed by atoms with Crippen molar-refractivity contribution in [2.45, 2.75) is 13.8 Å². The van der Waals surface area contributed by atoms with Gasteiger partial charge in [-0.1, -0.05) is 36.4 Å². The summed E-state index contributed by atoms with van der Waals surface area (Å²) in [6.45, 7) is 8.24. The molecule has 0 bridgehead atoms. The van der Waals surface area contributed by atoms with E-state index in [9.17, 15) is 22.6 Å². The number of carbonyl (C=O) groups excluding carboxylic acids is 2. The number of ketones is 2. The topological polar surface area (TPSA) is 113 Å². The highest BCUT2D eigenvalue weighted by Gasteiger charge is 2.31. The van der Waals surface area contributed by atoms with Crippen LogP contribution in [0.1, 0.15) is 45.7 Å². The highest BCUT2D eigenvalue weighted by atomic mass is 32.3. The highest BCUT2D eigenvalue weighted by Crippen LogP contribution is 2.31. The number of likely N-dealkylation sites (N-methyl/N-ethyl adjacent to an activating group) is 1. The molecule has 31 heavy (non-hydrogen) atoms. The summed E-state index contributed by atoms with van der Waals surface area (Å²) in [4.78, 5) is 25.7. The Kier molecular flexibility index (Phi) is 8.08. The maximum atomic E-state index is 13.0. The lowest BCUT2D eigenvalue weighted by molar-refractivity contribution is -0.904. The monoisotopic (exact) mass is 448 g/mol. The predicted octanol–water partition coefficient (Wildman–Crippen LogP) is 2.45. The van der Waals surface area contributed by atoms with Crippen molar-refractivity contribution < 1.29 is 31.2 Å². The normalized spacial score (nSPS) is 13.1. The zero-order chi connectivity index (χ0) is 23.2. The van der Waals surface area contributed by atoms with Crippen LogP contribution in [-0.4, -0.2) is 69.4 Å². The Bertz CT molecular complexity index is 1060. The Labute approximate surface area is 183 Å². The third-order valence-electron chi connectivity index (χ3n) is 5.65. The van der Waals surface area contributed by atoms with E-state index >= 15 is 0 Å². The quantitative estimate of drug-likeness (QED) is 0.336. The molecule has 1 aliphatic rings. The van der Waals surface area contributed by atoms with Gasteiger partial charge in [-0.3, -0.25) is 13.8 Å². The van der Waals surface area contributed by atoms with Crippen molar-refractivity contribution in [2.75, 3.05) is 45.7 Å². The first-order chi connectivity index (χ1) is 14.6. The molecule has 0 unspecified atom stereocenters. The third-order valence-corrected chi connectivity index (χ3v) is 6.06. The summed E-state index contributed by atoms with van der Waals surface area (Å²) in [6, 6.07) is 12.5. The zero-order valence-electron chi connectivity index (χ0n) is 18.2. The molecule has 8 nitrogen and oxygen atoms in total. The molecule has 0 saturated heterocycles. The Balaban J connectivity index is 0.000000501. The van der Waals surface area contributed by atoms with E-state index in [2.05, 4.69) is 30.4 Å². The molecule has 2 aromatic rings. The van der Waals surface area contributed by atoms with Crippen LogP contribution >= 0.6 is 0 Å². The largest absolute Gasteiger partial charge is 0.726 e. The van der Waals surface area contributed by atoms with E-state index in [-0.39, 0.29) is 11.6 Å². The summed E-state index contributed by atoms with van der Waals surface area (Å²) in [5.41, 5.74) is 2.75. The molecular formula is C22H28N2O6S. The van der Waals surface area contributed by atoms with Gasteiger partial charge in [0.2, 0.25) is 10.4 Å². The Morgan fingerprint density at radius 3 is 1.97 bits per heavy atom. The van der Waals surface area contributed by atoms with E-state index in [1.807, 2.05) is 12.1 Å². The van der Waals surface area contributed by atoms with E-state index in [1.165, 1.54) is 0 Å². The molecule has 1 N–H and O–H groups in total. The molecule has 0 heterocycles. The molecule has 0 aromatic heterocycles. The smallest absolute Gasteiger partial charge is 0.217 e. The fourth-order valence-corrected chi connectivity index (χ4v) is 3.29. The minimum atomic E-state index is -4.41. The van der Waals surface area contributed by atoms with Gasteiger partial charge in [0.05, 0.1) is 45.9 Å². The molecular weight excluding hydrogens is 420 g/mol. The molecule has 0 fully saturated rings. The Hall–Kier alpha value is -2.59. The second kappa shape index (κ2) is 10.1. The third kappa shape index (κ3) is 5.98. The Morgan fingerprint density at radius 2 is 1.45 bits per heavy atom. The molecule has 1 aliphatic carbocycles. The van der Waals surface area contributed by atoms with Crippen LogP contribution in [0.5, 0.6) is 0 Å². The average molecular weight is 449 g/mol. The van der Waals surface area contributed by atoms with Crippen LogP contribution in [0, 0.1) is 0 Å². The first-order valence-corrected chi connectivity index (χ1v) is 11.3. The number of anilines is 1. The zero-order valence-corrected chi connectivity index (χ0v) is 19.0. The van der Waals surface area contributed by atoms with Crippen molar-refractivity contribution in [3.8, 4) is 0 Å². The highest BCUT2D eigenvalue weighted by molar-refractivity contribution is 7.80. The van der Waals surface area contributed by atoms with Crippen LogP contribution in [0.4, 0.5) is 5.69 Å². The number of carbonyl (C=O) groups is 2. The SMILES string of the molecule is CC[N+](C)(CC)CCNc1cccc2c1C(=O)c1ccccc1C2=O.COS(=O)(=O)[O-]. The molecule has 168 valence electrons. The van der Waals surface area contributed by atoms with Crippen LogP contribution in [0.3, 0.4) is 0 Å². The van der Waals surface area contributed by atoms with Gasteiger partial charge >= 0.3 is 0 Å². The number of hydrogen-bond acceptors (Lipinski definition) is 7. The summed E-state index contributed by atoms with van der Waals surface area (Å²) in [5, 5.41) is 3.39. The number of nitrogens with one attached hydrogen (secondary N) is 1. The van der Waals surface area contributed by atoms with E-state index in [0.717, 1.165) is 43.5 Å². The van der Waals surface area contributed by atoms with Gasteiger partial charge in [-0.2, -0.15) is 0 Å². The maximum Gasteiger partial charge on any atom is 0.217 e. The average Bonchev–Trinajstić information content (AvgIpc) is 2.77. The molecule has 0 radical (unpaired) electrons. The lowest BCUT2D eigenvalue weighted by Crippen LogP contribution is -2.46. The van der Waals surface area contributed by atoms with E-state index in [4.69, 9.17) is 0 Å². The van der Waals surface area contributed by atoms with Crippen molar-refractivity contribution in [1.82, 2.24) is 0 Å². The molecule has 0 spiro atoms. The van der Waals surface area contributed by atoms with Crippen molar-refractivity contribution in [2.24, 2.45) is 0 Å². The fraction of sp³-hybridized carbons (Fsp3) is 0.364. The summed E-state index contributed by atoms with van der Waals surface area (Å²) in [5.74, 6) is -0.145. The van der Waals surface area contributed by atoms with Crippen molar-refractivity contribution in [1.29, 1.82) is 0 Å². The van der Waals surface area contributed by atoms with Gasteiger partial charge in [-0.15, -0.1) is 0 Å². The maximum absolute atomic E-state index is 13.0. The lowest BCUT2D eigenvalue weighted by atomic mass is 9.83. The van der Waals surface area contributed by atoms with Crippen molar-refractivity contribution >= 4 is 27.7 Å². The minimum Gasteiger partial charge on any atom is -0.726 e. The van der Waals surface area contributed by atoms with Crippen LogP contribution in [-0.2, 0) is 14.6 Å². The van der Waals surface area contributed by atoms with Crippen molar-refractivity contribution in [3.63, 3.8) is 0 Å². The summed E-state index contributed by atoms with van der Waals surface area (Å²) >= 11 is 0. The number of rotatable bonds is 7. The summed E-state index contributed by atoms with van der Waals surface area (Å²) in [7, 11) is -1.37. The van der Waals surface area contributed by atoms with Gasteiger partial charge < -0.3 is 14.4 Å². The molecule has 0 aliphatic heterocycles. The summed E-state index contributed by atoms with van der Waals surface area (Å²) < 4.78 is 32.0. The number of fused-ring (bicyclic) bond motifs is 2. The standard InChI is InChI=1S/C21H24N2O2.CH4O4S/c1-4-23(3,5-2)14-13-22-18-12-8-11-17-19(18)21(25)16-10-7-6-9-15(16)20(17)24;1-5-6(2,3)4/h6-12H,4-5,13-14H2,1-3H3;1H3,(H,2,3,4). The molecule has 3 rings (SSSR count). The fourth-order valence-electron chi connectivity index (χ4n) is 3.29. The second-order valence-corrected chi connectivity index (χ2v) is 8.56.